The minimum atomic E-state index is -1.30. The molecular weight excluding hydrogens is 504 g/mol. The van der Waals surface area contributed by atoms with Crippen LogP contribution in [0.4, 0.5) is 0 Å². The summed E-state index contributed by atoms with van der Waals surface area (Å²) in [5, 5.41) is 26.4. The number of primary amides is 1. The number of thiol groups is 1. The number of rotatable bonds is 17. The van der Waals surface area contributed by atoms with Crippen molar-refractivity contribution in [1.29, 1.82) is 0 Å². The van der Waals surface area contributed by atoms with Crippen LogP contribution in [0.3, 0.4) is 0 Å². The lowest BCUT2D eigenvalue weighted by Gasteiger charge is -2.24. The fourth-order valence-corrected chi connectivity index (χ4v) is 3.53. The van der Waals surface area contributed by atoms with E-state index in [1.165, 1.54) is 24.3 Å². The fourth-order valence-electron chi connectivity index (χ4n) is 3.28. The number of aromatic hydroxyl groups is 1. The van der Waals surface area contributed by atoms with E-state index in [-0.39, 0.29) is 37.2 Å². The highest BCUT2D eigenvalue weighted by atomic mass is 32.1. The van der Waals surface area contributed by atoms with Crippen LogP contribution in [0.2, 0.25) is 0 Å². The van der Waals surface area contributed by atoms with E-state index < -0.39 is 53.8 Å². The highest BCUT2D eigenvalue weighted by Crippen LogP contribution is 2.12. The van der Waals surface area contributed by atoms with Crippen molar-refractivity contribution in [3.63, 3.8) is 0 Å². The van der Waals surface area contributed by atoms with Crippen LogP contribution in [0.25, 0.3) is 0 Å². The zero-order valence-electron chi connectivity index (χ0n) is 20.4. The Kier molecular flexibility index (Phi) is 14.0. The van der Waals surface area contributed by atoms with Gasteiger partial charge in [0.25, 0.3) is 0 Å². The Balaban J connectivity index is 2.90. The van der Waals surface area contributed by atoms with Gasteiger partial charge in [0, 0.05) is 18.6 Å². The fraction of sp³-hybridized carbons (Fsp3) is 0.522. The van der Waals surface area contributed by atoms with Crippen molar-refractivity contribution in [2.45, 2.75) is 62.7 Å². The normalized spacial score (nSPS) is 14.0. The van der Waals surface area contributed by atoms with Gasteiger partial charge >= 0.3 is 5.97 Å². The molecule has 0 aromatic heterocycles. The van der Waals surface area contributed by atoms with Crippen LogP contribution >= 0.6 is 12.6 Å². The van der Waals surface area contributed by atoms with Crippen molar-refractivity contribution in [2.24, 2.45) is 17.2 Å². The molecule has 0 spiro atoms. The maximum Gasteiger partial charge on any atom is 0.326 e. The van der Waals surface area contributed by atoms with Gasteiger partial charge in [-0.05, 0) is 49.9 Å². The predicted molar refractivity (Wildman–Crippen MR) is 138 cm³/mol. The number of amides is 4. The number of phenols is 1. The Morgan fingerprint density at radius 3 is 1.97 bits per heavy atom. The van der Waals surface area contributed by atoms with E-state index in [0.29, 0.717) is 24.9 Å². The summed E-state index contributed by atoms with van der Waals surface area (Å²) in [6.45, 7) is 0.361. The first-order valence-electron chi connectivity index (χ1n) is 11.7. The van der Waals surface area contributed by atoms with Gasteiger partial charge in [-0.15, -0.1) is 0 Å². The number of benzene rings is 1. The molecule has 4 unspecified atom stereocenters. The first kappa shape index (κ1) is 31.7. The van der Waals surface area contributed by atoms with Crippen LogP contribution in [0.15, 0.2) is 24.3 Å². The monoisotopic (exact) mass is 540 g/mol. The van der Waals surface area contributed by atoms with Crippen molar-refractivity contribution in [1.82, 2.24) is 16.0 Å². The van der Waals surface area contributed by atoms with Crippen LogP contribution in [-0.4, -0.2) is 76.3 Å². The number of nitrogens with one attached hydrogen (secondary N) is 3. The smallest absolute Gasteiger partial charge is 0.326 e. The molecule has 1 aromatic carbocycles. The molecule has 1 rings (SSSR count). The molecule has 0 aliphatic heterocycles. The van der Waals surface area contributed by atoms with Crippen molar-refractivity contribution in [2.75, 3.05) is 12.3 Å². The van der Waals surface area contributed by atoms with E-state index in [2.05, 4.69) is 28.6 Å². The number of carbonyl (C=O) groups excluding carboxylic acids is 4. The Morgan fingerprint density at radius 1 is 0.865 bits per heavy atom. The van der Waals surface area contributed by atoms with Crippen molar-refractivity contribution in [3.05, 3.63) is 29.8 Å². The minimum Gasteiger partial charge on any atom is -0.508 e. The molecule has 0 bridgehead atoms. The molecule has 0 saturated carbocycles. The second-order valence-electron chi connectivity index (χ2n) is 8.47. The molecule has 0 heterocycles. The Morgan fingerprint density at radius 2 is 1.43 bits per heavy atom. The van der Waals surface area contributed by atoms with Crippen LogP contribution in [0.1, 0.15) is 37.7 Å². The summed E-state index contributed by atoms with van der Waals surface area (Å²) >= 11 is 4.08. The third-order valence-corrected chi connectivity index (χ3v) is 5.79. The van der Waals surface area contributed by atoms with E-state index in [9.17, 15) is 34.2 Å². The maximum absolute atomic E-state index is 13.0. The Hall–Kier alpha value is -3.36. The lowest BCUT2D eigenvalue weighted by atomic mass is 10.0. The van der Waals surface area contributed by atoms with Crippen LogP contribution in [0, 0.1) is 0 Å². The van der Waals surface area contributed by atoms with Gasteiger partial charge in [-0.1, -0.05) is 12.1 Å². The summed E-state index contributed by atoms with van der Waals surface area (Å²) in [5.74, 6) is -4.14. The molecule has 14 heteroatoms. The minimum absolute atomic E-state index is 0.0101. The number of phenolic OH excluding ortho intramolecular Hbond substituents is 1. The molecule has 0 aliphatic rings. The quantitative estimate of drug-likeness (QED) is 0.0792. The molecule has 206 valence electrons. The summed E-state index contributed by atoms with van der Waals surface area (Å²) in [6.07, 6.45) is 1.04. The van der Waals surface area contributed by atoms with Gasteiger partial charge in [0.1, 0.15) is 23.9 Å². The molecule has 0 fully saturated rings. The van der Waals surface area contributed by atoms with Crippen LogP contribution < -0.4 is 33.2 Å². The molecule has 1 aromatic rings. The zero-order valence-corrected chi connectivity index (χ0v) is 21.3. The molecule has 4 atom stereocenters. The molecule has 0 aliphatic carbocycles. The molecular formula is C23H36N6O7S. The maximum atomic E-state index is 13.0. The van der Waals surface area contributed by atoms with E-state index in [1.54, 1.807) is 0 Å². The number of unbranched alkanes of at least 4 members (excludes halogenated alkanes) is 1. The van der Waals surface area contributed by atoms with Crippen molar-refractivity contribution >= 4 is 42.2 Å². The number of hydrogen-bond acceptors (Lipinski definition) is 9. The summed E-state index contributed by atoms with van der Waals surface area (Å²) in [6, 6.07) is 1.24. The van der Waals surface area contributed by atoms with Gasteiger partial charge < -0.3 is 43.4 Å². The molecule has 11 N–H and O–H groups in total. The van der Waals surface area contributed by atoms with Gasteiger partial charge in [0.05, 0.1) is 6.04 Å². The molecule has 4 amide bonds. The summed E-state index contributed by atoms with van der Waals surface area (Å²) < 4.78 is 0. The summed E-state index contributed by atoms with van der Waals surface area (Å²) in [5.41, 5.74) is 16.9. The van der Waals surface area contributed by atoms with E-state index >= 15 is 0 Å². The van der Waals surface area contributed by atoms with Crippen molar-refractivity contribution < 1.29 is 34.2 Å². The SMILES string of the molecule is NCCCCC(NC(=O)C(CS)NC(=O)C(N)CCC(N)=O)C(=O)NC(Cc1ccc(O)cc1)C(=O)O. The van der Waals surface area contributed by atoms with Crippen LogP contribution in [-0.2, 0) is 30.4 Å². The summed E-state index contributed by atoms with van der Waals surface area (Å²) in [4.78, 5) is 60.8. The lowest BCUT2D eigenvalue weighted by Crippen LogP contribution is -2.57. The van der Waals surface area contributed by atoms with E-state index in [4.69, 9.17) is 17.2 Å². The third kappa shape index (κ3) is 11.9. The van der Waals surface area contributed by atoms with Crippen LogP contribution in [0.5, 0.6) is 5.75 Å². The predicted octanol–water partition coefficient (Wildman–Crippen LogP) is -1.87. The van der Waals surface area contributed by atoms with Gasteiger partial charge in [-0.25, -0.2) is 4.79 Å². The van der Waals surface area contributed by atoms with E-state index in [0.717, 1.165) is 0 Å². The average Bonchev–Trinajstić information content (AvgIpc) is 2.85. The number of carboxylic acid groups (broad SMARTS) is 1. The second-order valence-corrected chi connectivity index (χ2v) is 8.84. The van der Waals surface area contributed by atoms with Gasteiger partial charge in [-0.3, -0.25) is 19.2 Å². The lowest BCUT2D eigenvalue weighted by molar-refractivity contribution is -0.142. The molecule has 37 heavy (non-hydrogen) atoms. The average molecular weight is 541 g/mol. The zero-order chi connectivity index (χ0) is 28.0. The highest BCUT2D eigenvalue weighted by molar-refractivity contribution is 7.80. The van der Waals surface area contributed by atoms with Gasteiger partial charge in [-0.2, -0.15) is 12.6 Å². The first-order chi connectivity index (χ1) is 17.5. The van der Waals surface area contributed by atoms with Crippen molar-refractivity contribution in [3.8, 4) is 5.75 Å². The molecule has 13 nitrogen and oxygen atoms in total. The third-order valence-electron chi connectivity index (χ3n) is 5.42. The summed E-state index contributed by atoms with van der Waals surface area (Å²) in [7, 11) is 0. The highest BCUT2D eigenvalue weighted by Gasteiger charge is 2.30. The number of carboxylic acids is 1. The number of nitrogens with two attached hydrogens (primary N) is 3. The Bertz CT molecular complexity index is 931. The first-order valence-corrected chi connectivity index (χ1v) is 12.4. The Labute approximate surface area is 220 Å². The number of hydrogen-bond donors (Lipinski definition) is 9. The standard InChI is InChI=1S/C23H36N6O7S/c24-10-2-1-3-16(21(33)28-17(23(35)36)11-13-4-6-14(30)7-5-13)27-22(34)18(12-37)29-20(32)15(25)8-9-19(26)31/h4-7,15-18,30,37H,1-3,8-12,24-25H2,(H2,26,31)(H,27,34)(H,28,33)(H,29,32)(H,35,36). The van der Waals surface area contributed by atoms with Gasteiger partial charge in [0.15, 0.2) is 0 Å². The number of aliphatic carboxylic acids is 1. The largest absolute Gasteiger partial charge is 0.508 e. The van der Waals surface area contributed by atoms with Gasteiger partial charge in [0.2, 0.25) is 23.6 Å². The topological polar surface area (TPSA) is 240 Å². The molecule has 0 saturated heterocycles. The molecule has 0 radical (unpaired) electrons. The van der Waals surface area contributed by atoms with E-state index in [1.807, 2.05) is 0 Å². The number of carbonyl (C=O) groups is 5. The second kappa shape index (κ2) is 16.4.